The molecule has 27 heavy (non-hydrogen) atoms. The SMILES string of the molecule is COC[C@H](C)NC(=O)N1CC2(CCCC2)c2cc3c(cc2[C@@H]1C)OCCO3. The van der Waals surface area contributed by atoms with E-state index in [1.807, 2.05) is 11.8 Å². The summed E-state index contributed by atoms with van der Waals surface area (Å²) < 4.78 is 16.8. The third-order valence-electron chi connectivity index (χ3n) is 6.28. The first-order valence-electron chi connectivity index (χ1n) is 10.0. The summed E-state index contributed by atoms with van der Waals surface area (Å²) >= 11 is 0. The van der Waals surface area contributed by atoms with E-state index < -0.39 is 0 Å². The minimum absolute atomic E-state index is 0.00297. The summed E-state index contributed by atoms with van der Waals surface area (Å²) in [5, 5.41) is 3.09. The second-order valence-corrected chi connectivity index (χ2v) is 8.18. The molecule has 1 fully saturated rings. The van der Waals surface area contributed by atoms with Gasteiger partial charge in [0.2, 0.25) is 0 Å². The number of carbonyl (C=O) groups is 1. The molecule has 2 amide bonds. The molecule has 0 unspecified atom stereocenters. The van der Waals surface area contributed by atoms with Crippen LogP contribution in [-0.4, -0.2) is 50.4 Å². The molecule has 1 aromatic rings. The number of benzene rings is 1. The molecule has 2 atom stereocenters. The summed E-state index contributed by atoms with van der Waals surface area (Å²) in [5.74, 6) is 1.65. The molecule has 2 aliphatic heterocycles. The van der Waals surface area contributed by atoms with E-state index in [4.69, 9.17) is 14.2 Å². The molecule has 0 saturated heterocycles. The molecule has 4 rings (SSSR count). The van der Waals surface area contributed by atoms with Crippen molar-refractivity contribution < 1.29 is 19.0 Å². The smallest absolute Gasteiger partial charge is 0.318 e. The first kappa shape index (κ1) is 18.4. The lowest BCUT2D eigenvalue weighted by molar-refractivity contribution is 0.128. The van der Waals surface area contributed by atoms with E-state index in [9.17, 15) is 4.79 Å². The lowest BCUT2D eigenvalue weighted by atomic mass is 9.71. The second kappa shape index (κ2) is 7.23. The van der Waals surface area contributed by atoms with Gasteiger partial charge in [-0.3, -0.25) is 0 Å². The van der Waals surface area contributed by atoms with Gasteiger partial charge in [0, 0.05) is 19.1 Å². The van der Waals surface area contributed by atoms with Crippen LogP contribution in [0.25, 0.3) is 0 Å². The van der Waals surface area contributed by atoms with Crippen molar-refractivity contribution in [1.29, 1.82) is 0 Å². The molecule has 2 heterocycles. The second-order valence-electron chi connectivity index (χ2n) is 8.18. The number of methoxy groups -OCH3 is 1. The van der Waals surface area contributed by atoms with Crippen LogP contribution in [-0.2, 0) is 10.2 Å². The van der Waals surface area contributed by atoms with Gasteiger partial charge in [0.1, 0.15) is 13.2 Å². The van der Waals surface area contributed by atoms with Crippen LogP contribution in [0, 0.1) is 0 Å². The molecule has 1 aromatic carbocycles. The highest BCUT2D eigenvalue weighted by Gasteiger charge is 2.46. The standard InChI is InChI=1S/C21H30N2O4/c1-14(12-25-3)22-20(24)23-13-21(6-4-5-7-21)17-11-19-18(26-8-9-27-19)10-16(17)15(23)2/h10-11,14-15H,4-9,12-13H2,1-3H3,(H,22,24)/t14-,15-/m0/s1. The average molecular weight is 374 g/mol. The molecule has 1 spiro atoms. The first-order valence-corrected chi connectivity index (χ1v) is 10.0. The molecule has 148 valence electrons. The van der Waals surface area contributed by atoms with Gasteiger partial charge < -0.3 is 24.4 Å². The van der Waals surface area contributed by atoms with Crippen molar-refractivity contribution in [3.63, 3.8) is 0 Å². The third-order valence-corrected chi connectivity index (χ3v) is 6.28. The number of hydrogen-bond acceptors (Lipinski definition) is 4. The molecule has 6 heteroatoms. The molecular weight excluding hydrogens is 344 g/mol. The van der Waals surface area contributed by atoms with Gasteiger partial charge in [0.05, 0.1) is 18.7 Å². The Morgan fingerprint density at radius 2 is 1.96 bits per heavy atom. The zero-order valence-electron chi connectivity index (χ0n) is 16.5. The maximum absolute atomic E-state index is 13.0. The minimum atomic E-state index is -0.0177. The summed E-state index contributed by atoms with van der Waals surface area (Å²) in [5.41, 5.74) is 2.58. The number of urea groups is 1. The van der Waals surface area contributed by atoms with Gasteiger partial charge in [-0.1, -0.05) is 12.8 Å². The molecule has 1 aliphatic carbocycles. The Bertz CT molecular complexity index is 714. The van der Waals surface area contributed by atoms with Crippen LogP contribution in [0.3, 0.4) is 0 Å². The van der Waals surface area contributed by atoms with Gasteiger partial charge in [-0.25, -0.2) is 4.79 Å². The molecule has 1 N–H and O–H groups in total. The van der Waals surface area contributed by atoms with Gasteiger partial charge in [-0.05, 0) is 49.9 Å². The van der Waals surface area contributed by atoms with Crippen LogP contribution in [0.2, 0.25) is 0 Å². The van der Waals surface area contributed by atoms with E-state index in [1.165, 1.54) is 24.0 Å². The quantitative estimate of drug-likeness (QED) is 0.881. The van der Waals surface area contributed by atoms with Crippen LogP contribution >= 0.6 is 0 Å². The molecule has 0 aromatic heterocycles. The fourth-order valence-corrected chi connectivity index (χ4v) is 4.94. The Labute approximate surface area is 161 Å². The van der Waals surface area contributed by atoms with E-state index in [-0.39, 0.29) is 23.5 Å². The van der Waals surface area contributed by atoms with E-state index in [0.29, 0.717) is 19.8 Å². The lowest BCUT2D eigenvalue weighted by Crippen LogP contribution is -2.53. The van der Waals surface area contributed by atoms with Crippen LogP contribution in [0.15, 0.2) is 12.1 Å². The van der Waals surface area contributed by atoms with Crippen molar-refractivity contribution in [2.75, 3.05) is 33.5 Å². The Morgan fingerprint density at radius 3 is 2.63 bits per heavy atom. The third kappa shape index (κ3) is 3.24. The highest BCUT2D eigenvalue weighted by molar-refractivity contribution is 5.76. The van der Waals surface area contributed by atoms with Crippen molar-refractivity contribution in [2.45, 2.75) is 57.0 Å². The molecule has 0 bridgehead atoms. The number of amides is 2. The summed E-state index contributed by atoms with van der Waals surface area (Å²) in [6, 6.07) is 4.26. The molecule has 6 nitrogen and oxygen atoms in total. The summed E-state index contributed by atoms with van der Waals surface area (Å²) in [6.07, 6.45) is 4.64. The summed E-state index contributed by atoms with van der Waals surface area (Å²) in [7, 11) is 1.65. The van der Waals surface area contributed by atoms with Gasteiger partial charge in [-0.2, -0.15) is 0 Å². The lowest BCUT2D eigenvalue weighted by Gasteiger charge is -2.46. The first-order chi connectivity index (χ1) is 13.0. The normalized spacial score (nSPS) is 23.8. The monoisotopic (exact) mass is 374 g/mol. The molecular formula is C21H30N2O4. The maximum Gasteiger partial charge on any atom is 0.318 e. The number of nitrogens with one attached hydrogen (secondary N) is 1. The van der Waals surface area contributed by atoms with Crippen LogP contribution in [0.5, 0.6) is 11.5 Å². The Kier molecular flexibility index (Phi) is 4.93. The van der Waals surface area contributed by atoms with Gasteiger partial charge in [0.15, 0.2) is 11.5 Å². The fourth-order valence-electron chi connectivity index (χ4n) is 4.94. The van der Waals surface area contributed by atoms with Crippen molar-refractivity contribution in [2.24, 2.45) is 0 Å². The zero-order chi connectivity index (χ0) is 19.0. The van der Waals surface area contributed by atoms with Crippen LogP contribution in [0.1, 0.15) is 56.7 Å². The van der Waals surface area contributed by atoms with E-state index >= 15 is 0 Å². The maximum atomic E-state index is 13.0. The molecule has 0 radical (unpaired) electrons. The topological polar surface area (TPSA) is 60.0 Å². The van der Waals surface area contributed by atoms with Crippen LogP contribution in [0.4, 0.5) is 4.79 Å². The predicted octanol–water partition coefficient (Wildman–Crippen LogP) is 3.39. The number of carbonyl (C=O) groups excluding carboxylic acids is 1. The molecule has 1 saturated carbocycles. The Balaban J connectivity index is 1.69. The fraction of sp³-hybridized carbons (Fsp3) is 0.667. The van der Waals surface area contributed by atoms with E-state index in [2.05, 4.69) is 24.4 Å². The number of hydrogen-bond donors (Lipinski definition) is 1. The summed E-state index contributed by atoms with van der Waals surface area (Å²) in [4.78, 5) is 15.0. The number of nitrogens with zero attached hydrogens (tertiary/aromatic N) is 1. The Morgan fingerprint density at radius 1 is 1.30 bits per heavy atom. The van der Waals surface area contributed by atoms with Crippen molar-refractivity contribution in [3.8, 4) is 11.5 Å². The van der Waals surface area contributed by atoms with Crippen LogP contribution < -0.4 is 14.8 Å². The predicted molar refractivity (Wildman–Crippen MR) is 103 cm³/mol. The largest absolute Gasteiger partial charge is 0.486 e. The number of fused-ring (bicyclic) bond motifs is 3. The average Bonchev–Trinajstić information content (AvgIpc) is 3.13. The minimum Gasteiger partial charge on any atom is -0.486 e. The van der Waals surface area contributed by atoms with E-state index in [1.54, 1.807) is 7.11 Å². The van der Waals surface area contributed by atoms with Crippen molar-refractivity contribution in [3.05, 3.63) is 23.3 Å². The number of rotatable bonds is 3. The van der Waals surface area contributed by atoms with Gasteiger partial charge in [0.25, 0.3) is 0 Å². The molecule has 3 aliphatic rings. The van der Waals surface area contributed by atoms with Gasteiger partial charge >= 0.3 is 6.03 Å². The highest BCUT2D eigenvalue weighted by Crippen LogP contribution is 2.51. The highest BCUT2D eigenvalue weighted by atomic mass is 16.6. The van der Waals surface area contributed by atoms with Crippen molar-refractivity contribution >= 4 is 6.03 Å². The van der Waals surface area contributed by atoms with Gasteiger partial charge in [-0.15, -0.1) is 0 Å². The summed E-state index contributed by atoms with van der Waals surface area (Å²) in [6.45, 7) is 6.51. The Hall–Kier alpha value is -1.95. The zero-order valence-corrected chi connectivity index (χ0v) is 16.5. The number of ether oxygens (including phenoxy) is 3. The van der Waals surface area contributed by atoms with E-state index in [0.717, 1.165) is 30.9 Å². The van der Waals surface area contributed by atoms with Crippen molar-refractivity contribution in [1.82, 2.24) is 10.2 Å².